The molecule has 0 heterocycles. The number of methoxy groups -OCH3 is 1. The number of ether oxygens (including phenoxy) is 1. The van der Waals surface area contributed by atoms with E-state index in [0.29, 0.717) is 17.8 Å². The molecule has 3 rings (SSSR count). The Labute approximate surface area is 183 Å². The molecule has 0 aliphatic carbocycles. The predicted octanol–water partition coefficient (Wildman–Crippen LogP) is 3.88. The molecule has 1 N–H and O–H groups in total. The van der Waals surface area contributed by atoms with Crippen molar-refractivity contribution in [1.29, 1.82) is 0 Å². The molecule has 7 heteroatoms. The second-order valence-corrected chi connectivity index (χ2v) is 8.98. The standard InChI is InChI=1S/C24H26N2O4S/c1-26(31(28,29)21-10-4-3-5-11-21)23-13-7-6-12-22(23)24(27)25-18-8-9-19-14-16-20(30-2)17-15-19/h3-7,10-17H,8-9,18H2,1-2H3,(H,25,27). The SMILES string of the molecule is COc1ccc(CCCNC(=O)c2ccccc2N(C)S(=O)(=O)c2ccccc2)cc1. The fourth-order valence-corrected chi connectivity index (χ4v) is 4.44. The Morgan fingerprint density at radius 2 is 1.58 bits per heavy atom. The van der Waals surface area contributed by atoms with Crippen molar-refractivity contribution in [2.75, 3.05) is 25.0 Å². The van der Waals surface area contributed by atoms with Crippen LogP contribution in [0.3, 0.4) is 0 Å². The number of hydrogen-bond acceptors (Lipinski definition) is 4. The Kier molecular flexibility index (Phi) is 7.31. The van der Waals surface area contributed by atoms with Crippen LogP contribution in [0.15, 0.2) is 83.8 Å². The van der Waals surface area contributed by atoms with E-state index in [1.165, 1.54) is 19.2 Å². The van der Waals surface area contributed by atoms with Gasteiger partial charge in [0.15, 0.2) is 0 Å². The molecule has 0 saturated heterocycles. The summed E-state index contributed by atoms with van der Waals surface area (Å²) in [5.74, 6) is 0.503. The quantitative estimate of drug-likeness (QED) is 0.515. The van der Waals surface area contributed by atoms with Crippen molar-refractivity contribution in [2.45, 2.75) is 17.7 Å². The van der Waals surface area contributed by atoms with Gasteiger partial charge in [0.1, 0.15) is 5.75 Å². The number of carbonyl (C=O) groups excluding carboxylic acids is 1. The second-order valence-electron chi connectivity index (χ2n) is 7.01. The van der Waals surface area contributed by atoms with Gasteiger partial charge in [0.2, 0.25) is 0 Å². The number of carbonyl (C=O) groups is 1. The molecule has 31 heavy (non-hydrogen) atoms. The van der Waals surface area contributed by atoms with Crippen molar-refractivity contribution in [3.63, 3.8) is 0 Å². The monoisotopic (exact) mass is 438 g/mol. The lowest BCUT2D eigenvalue weighted by molar-refractivity contribution is 0.0954. The van der Waals surface area contributed by atoms with E-state index in [1.807, 2.05) is 24.3 Å². The van der Waals surface area contributed by atoms with E-state index < -0.39 is 10.0 Å². The number of benzene rings is 3. The number of sulfonamides is 1. The Bertz CT molecular complexity index is 1110. The predicted molar refractivity (Wildman–Crippen MR) is 122 cm³/mol. The number of aryl methyl sites for hydroxylation is 1. The van der Waals surface area contributed by atoms with Gasteiger partial charge in [-0.25, -0.2) is 8.42 Å². The van der Waals surface area contributed by atoms with Crippen LogP contribution in [-0.2, 0) is 16.4 Å². The number of nitrogens with zero attached hydrogens (tertiary/aromatic N) is 1. The molecule has 6 nitrogen and oxygen atoms in total. The van der Waals surface area contributed by atoms with Gasteiger partial charge in [-0.15, -0.1) is 0 Å². The molecule has 0 fully saturated rings. The summed E-state index contributed by atoms with van der Waals surface area (Å²) in [5, 5.41) is 2.89. The van der Waals surface area contributed by atoms with Crippen LogP contribution in [0.1, 0.15) is 22.3 Å². The van der Waals surface area contributed by atoms with E-state index in [-0.39, 0.29) is 10.8 Å². The van der Waals surface area contributed by atoms with Gasteiger partial charge in [-0.2, -0.15) is 0 Å². The zero-order chi connectivity index (χ0) is 22.3. The first-order valence-corrected chi connectivity index (χ1v) is 11.4. The molecule has 0 atom stereocenters. The maximum atomic E-state index is 13.0. The van der Waals surface area contributed by atoms with E-state index in [9.17, 15) is 13.2 Å². The van der Waals surface area contributed by atoms with Crippen molar-refractivity contribution >= 4 is 21.6 Å². The molecule has 162 valence electrons. The zero-order valence-corrected chi connectivity index (χ0v) is 18.4. The van der Waals surface area contributed by atoms with Gasteiger partial charge < -0.3 is 10.1 Å². The summed E-state index contributed by atoms with van der Waals surface area (Å²) < 4.78 is 32.2. The summed E-state index contributed by atoms with van der Waals surface area (Å²) in [5.41, 5.74) is 1.80. The van der Waals surface area contributed by atoms with Gasteiger partial charge in [0.25, 0.3) is 15.9 Å². The van der Waals surface area contributed by atoms with Gasteiger partial charge in [-0.05, 0) is 54.8 Å². The largest absolute Gasteiger partial charge is 0.497 e. The van der Waals surface area contributed by atoms with Crippen LogP contribution in [0.5, 0.6) is 5.75 Å². The minimum Gasteiger partial charge on any atom is -0.497 e. The van der Waals surface area contributed by atoms with Crippen LogP contribution >= 0.6 is 0 Å². The van der Waals surface area contributed by atoms with Crippen molar-refractivity contribution < 1.29 is 17.9 Å². The molecule has 0 bridgehead atoms. The van der Waals surface area contributed by atoms with E-state index in [4.69, 9.17) is 4.74 Å². The molecule has 0 aliphatic heterocycles. The number of anilines is 1. The molecular weight excluding hydrogens is 412 g/mol. The number of nitrogens with one attached hydrogen (secondary N) is 1. The molecule has 0 spiro atoms. The summed E-state index contributed by atoms with van der Waals surface area (Å²) >= 11 is 0. The highest BCUT2D eigenvalue weighted by atomic mass is 32.2. The van der Waals surface area contributed by atoms with E-state index >= 15 is 0 Å². The fraction of sp³-hybridized carbons (Fsp3) is 0.208. The zero-order valence-electron chi connectivity index (χ0n) is 17.6. The van der Waals surface area contributed by atoms with Gasteiger partial charge in [0.05, 0.1) is 23.3 Å². The van der Waals surface area contributed by atoms with Gasteiger partial charge in [-0.1, -0.05) is 42.5 Å². The summed E-state index contributed by atoms with van der Waals surface area (Å²) in [6.45, 7) is 0.481. The van der Waals surface area contributed by atoms with Crippen molar-refractivity contribution in [2.24, 2.45) is 0 Å². The van der Waals surface area contributed by atoms with E-state index in [1.54, 1.807) is 49.6 Å². The lowest BCUT2D eigenvalue weighted by Crippen LogP contribution is -2.31. The summed E-state index contributed by atoms with van der Waals surface area (Å²) in [6.07, 6.45) is 1.58. The van der Waals surface area contributed by atoms with Crippen LogP contribution in [0, 0.1) is 0 Å². The smallest absolute Gasteiger partial charge is 0.264 e. The lowest BCUT2D eigenvalue weighted by atomic mass is 10.1. The average molecular weight is 439 g/mol. The van der Waals surface area contributed by atoms with Gasteiger partial charge in [0, 0.05) is 13.6 Å². The number of amides is 1. The molecule has 0 aromatic heterocycles. The van der Waals surface area contributed by atoms with Crippen molar-refractivity contribution in [3.8, 4) is 5.75 Å². The minimum absolute atomic E-state index is 0.173. The third-order valence-electron chi connectivity index (χ3n) is 4.98. The highest BCUT2D eigenvalue weighted by Crippen LogP contribution is 2.25. The Balaban J connectivity index is 1.65. The first-order valence-electron chi connectivity index (χ1n) is 9.97. The van der Waals surface area contributed by atoms with Crippen LogP contribution in [0.25, 0.3) is 0 Å². The van der Waals surface area contributed by atoms with Crippen LogP contribution in [0.4, 0.5) is 5.69 Å². The first-order chi connectivity index (χ1) is 14.9. The Morgan fingerprint density at radius 1 is 0.935 bits per heavy atom. The molecule has 0 unspecified atom stereocenters. The summed E-state index contributed by atoms with van der Waals surface area (Å²) in [4.78, 5) is 13.0. The number of rotatable bonds is 9. The van der Waals surface area contributed by atoms with E-state index in [2.05, 4.69) is 5.32 Å². The van der Waals surface area contributed by atoms with Gasteiger partial charge >= 0.3 is 0 Å². The maximum absolute atomic E-state index is 13.0. The highest BCUT2D eigenvalue weighted by molar-refractivity contribution is 7.92. The molecule has 3 aromatic rings. The van der Waals surface area contributed by atoms with Gasteiger partial charge in [-0.3, -0.25) is 9.10 Å². The van der Waals surface area contributed by atoms with Crippen molar-refractivity contribution in [3.05, 3.63) is 90.0 Å². The topological polar surface area (TPSA) is 75.7 Å². The molecule has 0 radical (unpaired) electrons. The third kappa shape index (κ3) is 5.44. The van der Waals surface area contributed by atoms with Crippen molar-refractivity contribution in [1.82, 2.24) is 5.32 Å². The molecular formula is C24H26N2O4S. The highest BCUT2D eigenvalue weighted by Gasteiger charge is 2.24. The normalized spacial score (nSPS) is 11.0. The van der Waals surface area contributed by atoms with Crippen LogP contribution in [0.2, 0.25) is 0 Å². The average Bonchev–Trinajstić information content (AvgIpc) is 2.82. The first kappa shape index (κ1) is 22.4. The molecule has 1 amide bonds. The van der Waals surface area contributed by atoms with E-state index in [0.717, 1.165) is 28.5 Å². The third-order valence-corrected chi connectivity index (χ3v) is 6.76. The molecule has 0 saturated carbocycles. The Hall–Kier alpha value is -3.32. The molecule has 3 aromatic carbocycles. The van der Waals surface area contributed by atoms with Crippen LogP contribution in [-0.4, -0.2) is 35.0 Å². The number of para-hydroxylation sites is 1. The minimum atomic E-state index is -3.77. The fourth-order valence-electron chi connectivity index (χ4n) is 3.20. The summed E-state index contributed by atoms with van der Waals surface area (Å²) in [7, 11) is -0.686. The molecule has 0 aliphatic rings. The Morgan fingerprint density at radius 3 is 2.26 bits per heavy atom. The second kappa shape index (κ2) is 10.1. The summed E-state index contributed by atoms with van der Waals surface area (Å²) in [6, 6.07) is 22.7. The maximum Gasteiger partial charge on any atom is 0.264 e. The lowest BCUT2D eigenvalue weighted by Gasteiger charge is -2.22. The number of hydrogen-bond donors (Lipinski definition) is 1. The van der Waals surface area contributed by atoms with Crippen LogP contribution < -0.4 is 14.4 Å².